The van der Waals surface area contributed by atoms with E-state index in [9.17, 15) is 9.59 Å². The van der Waals surface area contributed by atoms with E-state index in [0.717, 1.165) is 22.4 Å². The number of nitrogens with one attached hydrogen (secondary N) is 1. The van der Waals surface area contributed by atoms with Crippen LogP contribution < -0.4 is 10.1 Å². The van der Waals surface area contributed by atoms with Crippen molar-refractivity contribution in [3.8, 4) is 16.9 Å². The molecular formula is C23H21NO4. The first-order valence-corrected chi connectivity index (χ1v) is 8.88. The summed E-state index contributed by atoms with van der Waals surface area (Å²) in [5.74, 6) is -0.133. The summed E-state index contributed by atoms with van der Waals surface area (Å²) in [7, 11) is 1.60. The monoisotopic (exact) mass is 375 g/mol. The van der Waals surface area contributed by atoms with E-state index in [0.29, 0.717) is 12.1 Å². The van der Waals surface area contributed by atoms with Crippen molar-refractivity contribution in [2.75, 3.05) is 13.7 Å². The maximum Gasteiger partial charge on any atom is 0.338 e. The molecule has 0 aliphatic rings. The lowest BCUT2D eigenvalue weighted by Gasteiger charge is -2.08. The van der Waals surface area contributed by atoms with Crippen molar-refractivity contribution in [1.82, 2.24) is 5.32 Å². The number of esters is 1. The summed E-state index contributed by atoms with van der Waals surface area (Å²) in [6, 6.07) is 24.3. The molecule has 0 saturated heterocycles. The number of hydrogen-bond acceptors (Lipinski definition) is 4. The third-order valence-corrected chi connectivity index (χ3v) is 4.21. The van der Waals surface area contributed by atoms with E-state index >= 15 is 0 Å². The van der Waals surface area contributed by atoms with Crippen molar-refractivity contribution in [3.63, 3.8) is 0 Å². The van der Waals surface area contributed by atoms with E-state index in [1.165, 1.54) is 0 Å². The average molecular weight is 375 g/mol. The van der Waals surface area contributed by atoms with Crippen LogP contribution in [0.15, 0.2) is 78.9 Å². The number of hydrogen-bond donors (Lipinski definition) is 1. The van der Waals surface area contributed by atoms with Crippen molar-refractivity contribution >= 4 is 11.9 Å². The number of methoxy groups -OCH3 is 1. The summed E-state index contributed by atoms with van der Waals surface area (Å²) >= 11 is 0. The molecular weight excluding hydrogens is 354 g/mol. The average Bonchev–Trinajstić information content (AvgIpc) is 2.77. The highest BCUT2D eigenvalue weighted by atomic mass is 16.5. The van der Waals surface area contributed by atoms with Crippen LogP contribution in [0.3, 0.4) is 0 Å². The molecule has 0 aromatic heterocycles. The third-order valence-electron chi connectivity index (χ3n) is 4.21. The van der Waals surface area contributed by atoms with Crippen LogP contribution in [0.2, 0.25) is 0 Å². The van der Waals surface area contributed by atoms with Gasteiger partial charge in [0.1, 0.15) is 5.75 Å². The van der Waals surface area contributed by atoms with Crippen molar-refractivity contribution in [1.29, 1.82) is 0 Å². The number of ether oxygens (including phenoxy) is 2. The van der Waals surface area contributed by atoms with Gasteiger partial charge in [0.05, 0.1) is 12.7 Å². The molecule has 0 aliphatic carbocycles. The van der Waals surface area contributed by atoms with Gasteiger partial charge in [0.25, 0.3) is 5.91 Å². The van der Waals surface area contributed by atoms with Crippen LogP contribution in [0.4, 0.5) is 0 Å². The first kappa shape index (κ1) is 19.2. The highest BCUT2D eigenvalue weighted by molar-refractivity contribution is 5.91. The van der Waals surface area contributed by atoms with Gasteiger partial charge >= 0.3 is 5.97 Å². The highest BCUT2D eigenvalue weighted by Crippen LogP contribution is 2.19. The highest BCUT2D eigenvalue weighted by Gasteiger charge is 2.10. The molecule has 0 bridgehead atoms. The van der Waals surface area contributed by atoms with Gasteiger partial charge in [-0.1, -0.05) is 54.6 Å². The van der Waals surface area contributed by atoms with E-state index < -0.39 is 5.97 Å². The summed E-state index contributed by atoms with van der Waals surface area (Å²) in [4.78, 5) is 24.0. The zero-order chi connectivity index (χ0) is 19.8. The lowest BCUT2D eigenvalue weighted by molar-refractivity contribution is -0.124. The van der Waals surface area contributed by atoms with Crippen LogP contribution >= 0.6 is 0 Å². The minimum atomic E-state index is -0.529. The molecule has 0 aliphatic heterocycles. The Bertz CT molecular complexity index is 919. The Balaban J connectivity index is 1.47. The van der Waals surface area contributed by atoms with Crippen LogP contribution in [0.5, 0.6) is 5.75 Å². The second kappa shape index (κ2) is 9.37. The summed E-state index contributed by atoms with van der Waals surface area (Å²) in [6.07, 6.45) is 0. The lowest BCUT2D eigenvalue weighted by Crippen LogP contribution is -2.28. The minimum absolute atomic E-state index is 0.324. The second-order valence-electron chi connectivity index (χ2n) is 6.14. The number of carbonyl (C=O) groups excluding carboxylic acids is 2. The number of carbonyl (C=O) groups is 2. The van der Waals surface area contributed by atoms with Crippen LogP contribution in [0.25, 0.3) is 11.1 Å². The Morgan fingerprint density at radius 1 is 0.821 bits per heavy atom. The zero-order valence-corrected chi connectivity index (χ0v) is 15.6. The lowest BCUT2D eigenvalue weighted by atomic mass is 10.0. The number of rotatable bonds is 7. The van der Waals surface area contributed by atoms with Crippen molar-refractivity contribution in [2.45, 2.75) is 6.54 Å². The first-order valence-electron chi connectivity index (χ1n) is 8.88. The molecule has 28 heavy (non-hydrogen) atoms. The number of amides is 1. The fourth-order valence-electron chi connectivity index (χ4n) is 2.64. The zero-order valence-electron chi connectivity index (χ0n) is 15.6. The molecule has 0 heterocycles. The fourth-order valence-corrected chi connectivity index (χ4v) is 2.64. The van der Waals surface area contributed by atoms with Gasteiger partial charge in [-0.05, 0) is 41.0 Å². The van der Waals surface area contributed by atoms with Gasteiger partial charge in [-0.15, -0.1) is 0 Å². The molecule has 0 spiro atoms. The molecule has 3 aromatic rings. The SMILES string of the molecule is COc1ccc(CNC(=O)COC(=O)c2ccc(-c3ccccc3)cc2)cc1. The topological polar surface area (TPSA) is 64.6 Å². The molecule has 0 atom stereocenters. The van der Waals surface area contributed by atoms with Gasteiger partial charge in [-0.25, -0.2) is 4.79 Å². The molecule has 1 amide bonds. The van der Waals surface area contributed by atoms with Gasteiger partial charge in [0.15, 0.2) is 6.61 Å². The minimum Gasteiger partial charge on any atom is -0.497 e. The molecule has 0 fully saturated rings. The standard InChI is InChI=1S/C23H21NO4/c1-27-21-13-7-17(8-14-21)15-24-22(25)16-28-23(26)20-11-9-19(10-12-20)18-5-3-2-4-6-18/h2-14H,15-16H2,1H3,(H,24,25). The van der Waals surface area contributed by atoms with E-state index in [2.05, 4.69) is 5.32 Å². The third kappa shape index (κ3) is 5.20. The first-order chi connectivity index (χ1) is 13.7. The Kier molecular flexibility index (Phi) is 6.41. The quantitative estimate of drug-likeness (QED) is 0.638. The normalized spacial score (nSPS) is 10.2. The Hall–Kier alpha value is -3.60. The van der Waals surface area contributed by atoms with Crippen LogP contribution in [-0.2, 0) is 16.1 Å². The van der Waals surface area contributed by atoms with Gasteiger partial charge in [-0.2, -0.15) is 0 Å². The molecule has 5 nitrogen and oxygen atoms in total. The van der Waals surface area contributed by atoms with Gasteiger partial charge in [-0.3, -0.25) is 4.79 Å². The van der Waals surface area contributed by atoms with Crippen molar-refractivity contribution in [2.24, 2.45) is 0 Å². The predicted molar refractivity (Wildman–Crippen MR) is 107 cm³/mol. The fraction of sp³-hybridized carbons (Fsp3) is 0.130. The van der Waals surface area contributed by atoms with E-state index in [4.69, 9.17) is 9.47 Å². The number of benzene rings is 3. The molecule has 3 aromatic carbocycles. The largest absolute Gasteiger partial charge is 0.497 e. The van der Waals surface area contributed by atoms with Crippen LogP contribution in [0.1, 0.15) is 15.9 Å². The molecule has 0 radical (unpaired) electrons. The summed E-state index contributed by atoms with van der Waals surface area (Å²) in [5.41, 5.74) is 3.41. The Morgan fingerprint density at radius 3 is 2.11 bits per heavy atom. The summed E-state index contributed by atoms with van der Waals surface area (Å²) in [6.45, 7) is 0.0293. The Morgan fingerprint density at radius 2 is 1.46 bits per heavy atom. The van der Waals surface area contributed by atoms with Crippen LogP contribution in [-0.4, -0.2) is 25.6 Å². The van der Waals surface area contributed by atoms with Crippen LogP contribution in [0, 0.1) is 0 Å². The maximum absolute atomic E-state index is 12.1. The molecule has 5 heteroatoms. The van der Waals surface area contributed by atoms with Gasteiger partial charge in [0, 0.05) is 6.54 Å². The molecule has 3 rings (SSSR count). The van der Waals surface area contributed by atoms with E-state index in [1.807, 2.05) is 66.7 Å². The van der Waals surface area contributed by atoms with Crippen molar-refractivity contribution < 1.29 is 19.1 Å². The van der Waals surface area contributed by atoms with E-state index in [1.54, 1.807) is 19.2 Å². The molecule has 0 unspecified atom stereocenters. The molecule has 1 N–H and O–H groups in total. The van der Waals surface area contributed by atoms with Gasteiger partial charge in [0.2, 0.25) is 0 Å². The van der Waals surface area contributed by atoms with Gasteiger partial charge < -0.3 is 14.8 Å². The Labute approximate surface area is 163 Å². The van der Waals surface area contributed by atoms with Crippen molar-refractivity contribution in [3.05, 3.63) is 90.0 Å². The summed E-state index contributed by atoms with van der Waals surface area (Å²) in [5, 5.41) is 2.72. The molecule has 0 saturated carbocycles. The second-order valence-corrected chi connectivity index (χ2v) is 6.14. The predicted octanol–water partition coefficient (Wildman–Crippen LogP) is 3.84. The summed E-state index contributed by atoms with van der Waals surface area (Å²) < 4.78 is 10.2. The smallest absolute Gasteiger partial charge is 0.338 e. The maximum atomic E-state index is 12.1. The molecule has 142 valence electrons. The van der Waals surface area contributed by atoms with E-state index in [-0.39, 0.29) is 12.5 Å².